The van der Waals surface area contributed by atoms with Crippen LogP contribution in [0.1, 0.15) is 25.1 Å². The molecule has 1 fully saturated rings. The molecule has 2 rings (SSSR count). The van der Waals surface area contributed by atoms with Crippen molar-refractivity contribution in [2.24, 2.45) is 0 Å². The molecule has 0 aromatic carbocycles. The highest BCUT2D eigenvalue weighted by molar-refractivity contribution is 7.10. The number of rotatable bonds is 6. The standard InChI is InChI=1S/C14H24N2OS/c1-14(2,13-4-3-9-18-13)11-15-6-5-12-10-17-8-7-16-12/h3-4,9,12,15-16H,5-8,10-11H2,1-2H3. The summed E-state index contributed by atoms with van der Waals surface area (Å²) >= 11 is 1.84. The van der Waals surface area contributed by atoms with Gasteiger partial charge in [-0.15, -0.1) is 11.3 Å². The maximum absolute atomic E-state index is 5.45. The molecule has 102 valence electrons. The Bertz CT molecular complexity index is 332. The fourth-order valence-corrected chi connectivity index (χ4v) is 3.09. The summed E-state index contributed by atoms with van der Waals surface area (Å²) in [5.41, 5.74) is 0.227. The van der Waals surface area contributed by atoms with Crippen molar-refractivity contribution in [3.63, 3.8) is 0 Å². The average Bonchev–Trinajstić information content (AvgIpc) is 2.91. The van der Waals surface area contributed by atoms with Crippen LogP contribution in [0, 0.1) is 0 Å². The highest BCUT2D eigenvalue weighted by Gasteiger charge is 2.21. The van der Waals surface area contributed by atoms with Crippen LogP contribution < -0.4 is 10.6 Å². The van der Waals surface area contributed by atoms with Crippen molar-refractivity contribution in [3.05, 3.63) is 22.4 Å². The fraction of sp³-hybridized carbons (Fsp3) is 0.714. The Morgan fingerprint density at radius 3 is 3.11 bits per heavy atom. The average molecular weight is 268 g/mol. The zero-order valence-electron chi connectivity index (χ0n) is 11.4. The summed E-state index contributed by atoms with van der Waals surface area (Å²) in [6.07, 6.45) is 1.14. The van der Waals surface area contributed by atoms with Gasteiger partial charge in [0.1, 0.15) is 0 Å². The van der Waals surface area contributed by atoms with Gasteiger partial charge >= 0.3 is 0 Å². The van der Waals surface area contributed by atoms with E-state index in [-0.39, 0.29) is 5.41 Å². The first-order chi connectivity index (χ1) is 8.68. The summed E-state index contributed by atoms with van der Waals surface area (Å²) in [6.45, 7) is 9.38. The van der Waals surface area contributed by atoms with Crippen molar-refractivity contribution < 1.29 is 4.74 Å². The third-order valence-electron chi connectivity index (χ3n) is 3.42. The van der Waals surface area contributed by atoms with Crippen molar-refractivity contribution in [3.8, 4) is 0 Å². The second-order valence-corrected chi connectivity index (χ2v) is 6.50. The lowest BCUT2D eigenvalue weighted by Gasteiger charge is -2.26. The Morgan fingerprint density at radius 2 is 2.44 bits per heavy atom. The number of thiophene rings is 1. The second-order valence-electron chi connectivity index (χ2n) is 5.55. The van der Waals surface area contributed by atoms with Crippen LogP contribution in [-0.2, 0) is 10.2 Å². The van der Waals surface area contributed by atoms with Gasteiger partial charge in [0, 0.05) is 29.4 Å². The van der Waals surface area contributed by atoms with Crippen LogP contribution in [0.2, 0.25) is 0 Å². The van der Waals surface area contributed by atoms with E-state index in [0.29, 0.717) is 6.04 Å². The molecule has 0 amide bonds. The van der Waals surface area contributed by atoms with E-state index in [4.69, 9.17) is 4.74 Å². The summed E-state index contributed by atoms with van der Waals surface area (Å²) in [5.74, 6) is 0. The van der Waals surface area contributed by atoms with E-state index in [1.165, 1.54) is 4.88 Å². The molecular weight excluding hydrogens is 244 g/mol. The summed E-state index contributed by atoms with van der Waals surface area (Å²) in [6, 6.07) is 4.88. The summed E-state index contributed by atoms with van der Waals surface area (Å²) in [5, 5.41) is 9.21. The minimum absolute atomic E-state index is 0.227. The van der Waals surface area contributed by atoms with Crippen LogP contribution in [0.3, 0.4) is 0 Å². The molecule has 1 aromatic heterocycles. The van der Waals surface area contributed by atoms with Crippen LogP contribution in [-0.4, -0.2) is 38.9 Å². The molecule has 1 atom stereocenters. The van der Waals surface area contributed by atoms with Gasteiger partial charge in [0.15, 0.2) is 0 Å². The molecule has 0 saturated carbocycles. The maximum Gasteiger partial charge on any atom is 0.0620 e. The zero-order chi connectivity index (χ0) is 12.8. The highest BCUT2D eigenvalue weighted by atomic mass is 32.1. The van der Waals surface area contributed by atoms with Crippen molar-refractivity contribution in [1.82, 2.24) is 10.6 Å². The first-order valence-electron chi connectivity index (χ1n) is 6.74. The first-order valence-corrected chi connectivity index (χ1v) is 7.62. The minimum Gasteiger partial charge on any atom is -0.379 e. The van der Waals surface area contributed by atoms with Crippen LogP contribution >= 0.6 is 11.3 Å². The SMILES string of the molecule is CC(C)(CNCCC1COCCN1)c1cccs1. The lowest BCUT2D eigenvalue weighted by molar-refractivity contribution is 0.0742. The number of morpholine rings is 1. The number of hydrogen-bond acceptors (Lipinski definition) is 4. The lowest BCUT2D eigenvalue weighted by atomic mass is 9.91. The van der Waals surface area contributed by atoms with Gasteiger partial charge in [-0.1, -0.05) is 19.9 Å². The van der Waals surface area contributed by atoms with Crippen LogP contribution in [0.15, 0.2) is 17.5 Å². The van der Waals surface area contributed by atoms with E-state index in [0.717, 1.165) is 39.3 Å². The first kappa shape index (κ1) is 14.0. The second kappa shape index (κ2) is 6.66. The molecule has 4 heteroatoms. The molecule has 0 aliphatic carbocycles. The van der Waals surface area contributed by atoms with E-state index < -0.39 is 0 Å². The van der Waals surface area contributed by atoms with E-state index in [1.54, 1.807) is 0 Å². The molecule has 1 saturated heterocycles. The smallest absolute Gasteiger partial charge is 0.0620 e. The molecule has 1 aromatic rings. The van der Waals surface area contributed by atoms with Crippen LogP contribution in [0.5, 0.6) is 0 Å². The largest absolute Gasteiger partial charge is 0.379 e. The van der Waals surface area contributed by atoms with Crippen molar-refractivity contribution in [2.75, 3.05) is 32.8 Å². The summed E-state index contributed by atoms with van der Waals surface area (Å²) < 4.78 is 5.45. The maximum atomic E-state index is 5.45. The molecule has 0 bridgehead atoms. The van der Waals surface area contributed by atoms with Crippen molar-refractivity contribution in [1.29, 1.82) is 0 Å². The van der Waals surface area contributed by atoms with Gasteiger partial charge in [0.2, 0.25) is 0 Å². The van der Waals surface area contributed by atoms with Crippen LogP contribution in [0.4, 0.5) is 0 Å². The van der Waals surface area contributed by atoms with E-state index in [9.17, 15) is 0 Å². The monoisotopic (exact) mass is 268 g/mol. The fourth-order valence-electron chi connectivity index (χ4n) is 2.23. The van der Waals surface area contributed by atoms with E-state index in [1.807, 2.05) is 11.3 Å². The molecule has 18 heavy (non-hydrogen) atoms. The predicted octanol–water partition coefficient (Wildman–Crippen LogP) is 1.99. The van der Waals surface area contributed by atoms with Gasteiger partial charge in [0.25, 0.3) is 0 Å². The Labute approximate surface area is 114 Å². The van der Waals surface area contributed by atoms with Gasteiger partial charge < -0.3 is 15.4 Å². The normalized spacial score (nSPS) is 21.1. The number of hydrogen-bond donors (Lipinski definition) is 2. The molecule has 0 spiro atoms. The minimum atomic E-state index is 0.227. The molecule has 0 radical (unpaired) electrons. The molecule has 2 heterocycles. The molecule has 3 nitrogen and oxygen atoms in total. The number of nitrogens with one attached hydrogen (secondary N) is 2. The Morgan fingerprint density at radius 1 is 1.56 bits per heavy atom. The van der Waals surface area contributed by atoms with Gasteiger partial charge in [0.05, 0.1) is 13.2 Å². The van der Waals surface area contributed by atoms with Crippen LogP contribution in [0.25, 0.3) is 0 Å². The molecule has 2 N–H and O–H groups in total. The predicted molar refractivity (Wildman–Crippen MR) is 77.4 cm³/mol. The third-order valence-corrected chi connectivity index (χ3v) is 4.66. The zero-order valence-corrected chi connectivity index (χ0v) is 12.2. The Kier molecular flexibility index (Phi) is 5.18. The van der Waals surface area contributed by atoms with E-state index in [2.05, 4.69) is 42.0 Å². The highest BCUT2D eigenvalue weighted by Crippen LogP contribution is 2.26. The third kappa shape index (κ3) is 4.05. The molecule has 1 aliphatic heterocycles. The van der Waals surface area contributed by atoms with Gasteiger partial charge in [-0.2, -0.15) is 0 Å². The Balaban J connectivity index is 1.65. The van der Waals surface area contributed by atoms with Gasteiger partial charge in [-0.05, 0) is 24.4 Å². The summed E-state index contributed by atoms with van der Waals surface area (Å²) in [7, 11) is 0. The number of ether oxygens (including phenoxy) is 1. The van der Waals surface area contributed by atoms with Gasteiger partial charge in [-0.3, -0.25) is 0 Å². The Hall–Kier alpha value is -0.420. The molecular formula is C14H24N2OS. The van der Waals surface area contributed by atoms with E-state index >= 15 is 0 Å². The topological polar surface area (TPSA) is 33.3 Å². The molecule has 1 unspecified atom stereocenters. The van der Waals surface area contributed by atoms with Crippen molar-refractivity contribution >= 4 is 11.3 Å². The quantitative estimate of drug-likeness (QED) is 0.774. The van der Waals surface area contributed by atoms with Gasteiger partial charge in [-0.25, -0.2) is 0 Å². The van der Waals surface area contributed by atoms with Crippen molar-refractivity contribution in [2.45, 2.75) is 31.7 Å². The summed E-state index contributed by atoms with van der Waals surface area (Å²) in [4.78, 5) is 1.45. The lowest BCUT2D eigenvalue weighted by Crippen LogP contribution is -2.43. The molecule has 1 aliphatic rings.